The van der Waals surface area contributed by atoms with Gasteiger partial charge < -0.3 is 0 Å². The summed E-state index contributed by atoms with van der Waals surface area (Å²) in [5.74, 6) is 3.14. The van der Waals surface area contributed by atoms with Crippen LogP contribution < -0.4 is 0 Å². The molecule has 1 fully saturated rings. The number of hydrogen-bond acceptors (Lipinski definition) is 0. The Bertz CT molecular complexity index is 150. The van der Waals surface area contributed by atoms with Crippen molar-refractivity contribution in [3.8, 4) is 0 Å². The Morgan fingerprint density at radius 1 is 1.07 bits per heavy atom. The van der Waals surface area contributed by atoms with Gasteiger partial charge in [0.05, 0.1) is 0 Å². The van der Waals surface area contributed by atoms with Gasteiger partial charge in [-0.05, 0) is 30.6 Å². The van der Waals surface area contributed by atoms with Crippen molar-refractivity contribution in [2.75, 3.05) is 0 Å². The molecule has 90 valence electrons. The summed E-state index contributed by atoms with van der Waals surface area (Å²) in [6.45, 7) is 7.10. The van der Waals surface area contributed by atoms with Gasteiger partial charge in [-0.1, -0.05) is 65.7 Å². The second-order valence-corrected chi connectivity index (χ2v) is 5.82. The lowest BCUT2D eigenvalue weighted by atomic mass is 9.90. The minimum absolute atomic E-state index is 0.982. The maximum absolute atomic E-state index is 2.46. The van der Waals surface area contributed by atoms with E-state index in [1.165, 1.54) is 51.4 Å². The smallest absolute Gasteiger partial charge is 0.0409 e. The second kappa shape index (κ2) is 7.30. The molecule has 0 radical (unpaired) electrons. The molecule has 1 aliphatic carbocycles. The van der Waals surface area contributed by atoms with Crippen molar-refractivity contribution in [1.29, 1.82) is 0 Å². The zero-order valence-corrected chi connectivity index (χ0v) is 11.1. The molecule has 0 amide bonds. The Balaban J connectivity index is 2.12. The van der Waals surface area contributed by atoms with Gasteiger partial charge >= 0.3 is 0 Å². The third kappa shape index (κ3) is 5.04. The maximum atomic E-state index is 2.46. The first kappa shape index (κ1) is 13.1. The van der Waals surface area contributed by atoms with Gasteiger partial charge in [-0.15, -0.1) is 0 Å². The van der Waals surface area contributed by atoms with E-state index in [4.69, 9.17) is 0 Å². The van der Waals surface area contributed by atoms with Crippen molar-refractivity contribution in [3.05, 3.63) is 0 Å². The minimum Gasteiger partial charge on any atom is -0.0654 e. The van der Waals surface area contributed by atoms with E-state index < -0.39 is 0 Å². The van der Waals surface area contributed by atoms with E-state index in [9.17, 15) is 0 Å². The van der Waals surface area contributed by atoms with Crippen LogP contribution in [0.5, 0.6) is 0 Å². The molecular weight excluding hydrogens is 180 g/mol. The Labute approximate surface area is 96.8 Å². The molecule has 0 heteroatoms. The first-order valence-corrected chi connectivity index (χ1v) is 7.26. The van der Waals surface area contributed by atoms with E-state index in [0.29, 0.717) is 0 Å². The molecule has 1 rings (SSSR count). The fourth-order valence-electron chi connectivity index (χ4n) is 3.30. The molecule has 0 heterocycles. The molecule has 0 aromatic heterocycles. The predicted octanol–water partition coefficient (Wildman–Crippen LogP) is 5.42. The van der Waals surface area contributed by atoms with Gasteiger partial charge in [0.25, 0.3) is 0 Å². The molecule has 3 atom stereocenters. The summed E-state index contributed by atoms with van der Waals surface area (Å²) < 4.78 is 0. The van der Waals surface area contributed by atoms with Crippen LogP contribution in [-0.4, -0.2) is 0 Å². The first-order valence-electron chi connectivity index (χ1n) is 7.26. The molecule has 3 unspecified atom stereocenters. The van der Waals surface area contributed by atoms with Gasteiger partial charge in [-0.2, -0.15) is 0 Å². The van der Waals surface area contributed by atoms with E-state index in [-0.39, 0.29) is 0 Å². The van der Waals surface area contributed by atoms with Crippen LogP contribution in [0.2, 0.25) is 0 Å². The molecule has 0 bridgehead atoms. The predicted molar refractivity (Wildman–Crippen MR) is 69.0 cm³/mol. The van der Waals surface area contributed by atoms with Crippen LogP contribution in [0, 0.1) is 17.8 Å². The summed E-state index contributed by atoms with van der Waals surface area (Å²) in [4.78, 5) is 0. The number of unbranched alkanes of at least 4 members (excludes halogenated alkanes) is 1. The molecule has 0 aromatic carbocycles. The molecular formula is C15H30. The highest BCUT2D eigenvalue weighted by Crippen LogP contribution is 2.37. The molecule has 1 saturated carbocycles. The average molecular weight is 210 g/mol. The van der Waals surface area contributed by atoms with Crippen LogP contribution in [0.1, 0.15) is 78.6 Å². The highest BCUT2D eigenvalue weighted by Gasteiger charge is 2.24. The van der Waals surface area contributed by atoms with E-state index in [1.54, 1.807) is 6.42 Å². The number of rotatable bonds is 7. The van der Waals surface area contributed by atoms with E-state index >= 15 is 0 Å². The zero-order valence-electron chi connectivity index (χ0n) is 11.1. The van der Waals surface area contributed by atoms with Crippen molar-refractivity contribution in [3.63, 3.8) is 0 Å². The topological polar surface area (TPSA) is 0 Å². The normalized spacial score (nSPS) is 28.2. The third-order valence-corrected chi connectivity index (χ3v) is 4.13. The van der Waals surface area contributed by atoms with Crippen molar-refractivity contribution < 1.29 is 0 Å². The van der Waals surface area contributed by atoms with Gasteiger partial charge in [-0.3, -0.25) is 0 Å². The Morgan fingerprint density at radius 3 is 2.47 bits per heavy atom. The molecule has 1 aliphatic rings. The SMILES string of the molecule is CCCCC(C)CC1CCC(CCC)C1. The largest absolute Gasteiger partial charge is 0.0654 e. The summed E-state index contributed by atoms with van der Waals surface area (Å²) in [6.07, 6.45) is 13.3. The molecule has 0 spiro atoms. The standard InChI is InChI=1S/C15H30/c1-4-6-8-13(3)11-15-10-9-14(12-15)7-5-2/h13-15H,4-12H2,1-3H3. The van der Waals surface area contributed by atoms with Crippen molar-refractivity contribution in [2.24, 2.45) is 17.8 Å². The van der Waals surface area contributed by atoms with Crippen molar-refractivity contribution >= 4 is 0 Å². The lowest BCUT2D eigenvalue weighted by Crippen LogP contribution is -2.04. The van der Waals surface area contributed by atoms with Gasteiger partial charge in [0.15, 0.2) is 0 Å². The van der Waals surface area contributed by atoms with E-state index in [1.807, 2.05) is 0 Å². The van der Waals surface area contributed by atoms with Crippen LogP contribution in [0.15, 0.2) is 0 Å². The zero-order chi connectivity index (χ0) is 11.1. The molecule has 0 aliphatic heterocycles. The summed E-state index contributed by atoms with van der Waals surface area (Å²) in [7, 11) is 0. The fraction of sp³-hybridized carbons (Fsp3) is 1.00. The second-order valence-electron chi connectivity index (χ2n) is 5.82. The average Bonchev–Trinajstić information content (AvgIpc) is 2.63. The molecule has 0 nitrogen and oxygen atoms in total. The quantitative estimate of drug-likeness (QED) is 0.526. The highest BCUT2D eigenvalue weighted by atomic mass is 14.3. The van der Waals surface area contributed by atoms with Gasteiger partial charge in [0.1, 0.15) is 0 Å². The molecule has 0 aromatic rings. The van der Waals surface area contributed by atoms with Crippen molar-refractivity contribution in [1.82, 2.24) is 0 Å². The Morgan fingerprint density at radius 2 is 1.80 bits per heavy atom. The van der Waals surface area contributed by atoms with Crippen molar-refractivity contribution in [2.45, 2.75) is 78.6 Å². The fourth-order valence-corrected chi connectivity index (χ4v) is 3.30. The number of hydrogen-bond donors (Lipinski definition) is 0. The van der Waals surface area contributed by atoms with Gasteiger partial charge in [-0.25, -0.2) is 0 Å². The monoisotopic (exact) mass is 210 g/mol. The van der Waals surface area contributed by atoms with Crippen LogP contribution in [0.3, 0.4) is 0 Å². The lowest BCUT2D eigenvalue weighted by Gasteiger charge is -2.16. The highest BCUT2D eigenvalue weighted by molar-refractivity contribution is 4.76. The Hall–Kier alpha value is 0. The summed E-state index contributed by atoms with van der Waals surface area (Å²) in [5, 5.41) is 0. The Kier molecular flexibility index (Phi) is 6.36. The molecule has 0 N–H and O–H groups in total. The van der Waals surface area contributed by atoms with Crippen LogP contribution in [0.25, 0.3) is 0 Å². The van der Waals surface area contributed by atoms with Crippen LogP contribution >= 0.6 is 0 Å². The van der Waals surface area contributed by atoms with Gasteiger partial charge in [0, 0.05) is 0 Å². The summed E-state index contributed by atoms with van der Waals surface area (Å²) in [5.41, 5.74) is 0. The summed E-state index contributed by atoms with van der Waals surface area (Å²) >= 11 is 0. The van der Waals surface area contributed by atoms with Crippen LogP contribution in [-0.2, 0) is 0 Å². The van der Waals surface area contributed by atoms with Gasteiger partial charge in [0.2, 0.25) is 0 Å². The first-order chi connectivity index (χ1) is 7.26. The minimum atomic E-state index is 0.982. The summed E-state index contributed by atoms with van der Waals surface area (Å²) in [6, 6.07) is 0. The van der Waals surface area contributed by atoms with Crippen LogP contribution in [0.4, 0.5) is 0 Å². The van der Waals surface area contributed by atoms with E-state index in [2.05, 4.69) is 20.8 Å². The molecule has 0 saturated heterocycles. The maximum Gasteiger partial charge on any atom is -0.0409 e. The lowest BCUT2D eigenvalue weighted by molar-refractivity contribution is 0.358. The molecule has 15 heavy (non-hydrogen) atoms. The third-order valence-electron chi connectivity index (χ3n) is 4.13. The van der Waals surface area contributed by atoms with E-state index in [0.717, 1.165) is 17.8 Å².